The van der Waals surface area contributed by atoms with E-state index in [9.17, 15) is 31.2 Å². The van der Waals surface area contributed by atoms with Crippen LogP contribution in [0, 0.1) is 18.3 Å². The van der Waals surface area contributed by atoms with Crippen molar-refractivity contribution < 1.29 is 40.7 Å². The molecule has 0 bridgehead atoms. The molecule has 50 heavy (non-hydrogen) atoms. The number of rotatable bonds is 12. The van der Waals surface area contributed by atoms with Crippen LogP contribution in [0.15, 0.2) is 35.5 Å². The molecule has 1 aliphatic rings. The Kier molecular flexibility index (Phi) is 11.2. The van der Waals surface area contributed by atoms with Gasteiger partial charge in [-0.3, -0.25) is 9.48 Å². The summed E-state index contributed by atoms with van der Waals surface area (Å²) in [5.74, 6) is -1.04. The Morgan fingerprint density at radius 2 is 1.80 bits per heavy atom. The van der Waals surface area contributed by atoms with Crippen molar-refractivity contribution in [2.24, 2.45) is 11.3 Å². The number of sulfonamides is 1. The molecule has 1 fully saturated rings. The number of carbonyl (C=O) groups is 2. The molecule has 2 atom stereocenters. The van der Waals surface area contributed by atoms with Crippen LogP contribution in [0.5, 0.6) is 5.88 Å². The van der Waals surface area contributed by atoms with Gasteiger partial charge in [-0.15, -0.1) is 5.10 Å². The molecule has 0 radical (unpaired) electrons. The lowest BCUT2D eigenvalue weighted by molar-refractivity contribution is -0.115. The second kappa shape index (κ2) is 14.4. The first-order chi connectivity index (χ1) is 23.0. The molecule has 1 N–H and O–H groups in total. The van der Waals surface area contributed by atoms with Crippen LogP contribution < -0.4 is 9.46 Å². The minimum atomic E-state index is -4.36. The van der Waals surface area contributed by atoms with E-state index >= 15 is 0 Å². The van der Waals surface area contributed by atoms with E-state index in [1.54, 1.807) is 4.90 Å². The molecule has 2 amide bonds. The van der Waals surface area contributed by atoms with E-state index in [0.717, 1.165) is 31.4 Å². The zero-order chi connectivity index (χ0) is 37.4. The van der Waals surface area contributed by atoms with Gasteiger partial charge in [-0.1, -0.05) is 11.6 Å². The normalized spacial score (nSPS) is 17.2. The predicted molar refractivity (Wildman–Crippen MR) is 178 cm³/mol. The Balaban J connectivity index is 1.35. The molecule has 276 valence electrons. The van der Waals surface area contributed by atoms with Crippen LogP contribution >= 0.6 is 11.6 Å². The third-order valence-corrected chi connectivity index (χ3v) is 9.96. The molecule has 4 rings (SSSR count). The fourth-order valence-corrected chi connectivity index (χ4v) is 6.84. The molecule has 3 aromatic rings. The number of likely N-dealkylation sites (tertiary alicyclic amines) is 1. The van der Waals surface area contributed by atoms with Gasteiger partial charge in [-0.2, -0.15) is 5.10 Å². The van der Waals surface area contributed by atoms with Gasteiger partial charge in [0.2, 0.25) is 12.3 Å². The topological polar surface area (TPSA) is 151 Å². The Labute approximate surface area is 294 Å². The van der Waals surface area contributed by atoms with Gasteiger partial charge in [-0.05, 0) is 92.7 Å². The van der Waals surface area contributed by atoms with Crippen molar-refractivity contribution in [1.82, 2.24) is 34.2 Å². The molecule has 0 saturated carbocycles. The fraction of sp³-hybridized carbons (Fsp3) is 0.594. The monoisotopic (exact) mass is 745 g/mol. The second-order valence-electron chi connectivity index (χ2n) is 14.6. The van der Waals surface area contributed by atoms with Crippen LogP contribution in [0.2, 0.25) is 5.15 Å². The zero-order valence-electron chi connectivity index (χ0n) is 29.2. The van der Waals surface area contributed by atoms with Crippen LogP contribution in [0.4, 0.5) is 18.0 Å². The minimum Gasteiger partial charge on any atom is -0.444 e. The quantitative estimate of drug-likeness (QED) is 0.210. The van der Waals surface area contributed by atoms with Crippen molar-refractivity contribution in [3.8, 4) is 11.7 Å². The van der Waals surface area contributed by atoms with E-state index < -0.39 is 39.7 Å². The highest BCUT2D eigenvalue weighted by molar-refractivity contribution is 7.90. The van der Waals surface area contributed by atoms with E-state index in [4.69, 9.17) is 21.1 Å². The lowest BCUT2D eigenvalue weighted by Gasteiger charge is -2.33. The number of carbonyl (C=O) groups excluding carboxylic acids is 2. The summed E-state index contributed by atoms with van der Waals surface area (Å²) in [4.78, 5) is 31.4. The molecule has 0 aromatic carbocycles. The summed E-state index contributed by atoms with van der Waals surface area (Å²) >= 11 is 6.23. The molecule has 18 heteroatoms. The van der Waals surface area contributed by atoms with Gasteiger partial charge < -0.3 is 14.4 Å². The fourth-order valence-electron chi connectivity index (χ4n) is 5.45. The largest absolute Gasteiger partial charge is 0.444 e. The van der Waals surface area contributed by atoms with Crippen molar-refractivity contribution in [3.05, 3.63) is 47.0 Å². The lowest BCUT2D eigenvalue weighted by atomic mass is 9.93. The van der Waals surface area contributed by atoms with Gasteiger partial charge in [0.25, 0.3) is 22.3 Å². The molecule has 1 saturated heterocycles. The summed E-state index contributed by atoms with van der Waals surface area (Å²) in [7, 11) is -4.36. The Morgan fingerprint density at radius 3 is 2.42 bits per heavy atom. The smallest absolute Gasteiger partial charge is 0.410 e. The summed E-state index contributed by atoms with van der Waals surface area (Å²) in [5, 5.41) is 7.92. The number of ether oxygens (including phenoxy) is 2. The number of amides is 2. The van der Waals surface area contributed by atoms with Crippen molar-refractivity contribution in [2.45, 2.75) is 110 Å². The first kappa shape index (κ1) is 38.9. The number of pyridine rings is 1. The summed E-state index contributed by atoms with van der Waals surface area (Å²) < 4.78 is 82.1. The standard InChI is InChI=1S/C32H43ClF3N7O6S/c1-19-22(18-41(38-19)14-9-10-20-16-31(5,6)42(17-20)29(45)49-30(2,3)4)50(46,47)40-26(44)21-11-12-23(37-25(21)33)43-15-13-24(39-43)48-28(36)32(7,8)27(34)35/h11-13,15,18,20,27-28H,9-10,14,16-17H2,1-8H3,(H,40,44). The highest BCUT2D eigenvalue weighted by Crippen LogP contribution is 2.36. The number of halogens is 4. The molecule has 1 aliphatic heterocycles. The van der Waals surface area contributed by atoms with Gasteiger partial charge in [0.15, 0.2) is 5.82 Å². The average Bonchev–Trinajstić information content (AvgIpc) is 3.68. The minimum absolute atomic E-state index is 0.0589. The Bertz CT molecular complexity index is 1820. The first-order valence-electron chi connectivity index (χ1n) is 15.9. The summed E-state index contributed by atoms with van der Waals surface area (Å²) in [6, 6.07) is 3.76. The number of nitrogens with zero attached hydrogens (tertiary/aromatic N) is 6. The highest BCUT2D eigenvalue weighted by Gasteiger charge is 2.43. The van der Waals surface area contributed by atoms with Gasteiger partial charge >= 0.3 is 6.09 Å². The molecule has 4 heterocycles. The third-order valence-electron chi connectivity index (χ3n) is 8.24. The average molecular weight is 746 g/mol. The number of aromatic nitrogens is 5. The SMILES string of the molecule is Cc1nn(CCCC2CN(C(=O)OC(C)(C)C)C(C)(C)C2)cc1S(=O)(=O)NC(=O)c1ccc(-n2ccc(OC(F)C(C)(C)C(F)F)n2)nc1Cl. The maximum Gasteiger partial charge on any atom is 0.410 e. The molecule has 13 nitrogen and oxygen atoms in total. The van der Waals surface area contributed by atoms with Gasteiger partial charge in [-0.25, -0.2) is 40.8 Å². The Morgan fingerprint density at radius 1 is 1.12 bits per heavy atom. The van der Waals surface area contributed by atoms with E-state index in [2.05, 4.69) is 15.2 Å². The van der Waals surface area contributed by atoms with Gasteiger partial charge in [0, 0.05) is 37.1 Å². The number of nitrogens with one attached hydrogen (secondary N) is 1. The zero-order valence-corrected chi connectivity index (χ0v) is 30.8. The summed E-state index contributed by atoms with van der Waals surface area (Å²) in [5.41, 5.74) is -3.11. The maximum atomic E-state index is 14.3. The van der Waals surface area contributed by atoms with Crippen LogP contribution in [0.25, 0.3) is 5.82 Å². The predicted octanol–water partition coefficient (Wildman–Crippen LogP) is 6.33. The van der Waals surface area contributed by atoms with Crippen LogP contribution in [-0.4, -0.2) is 80.3 Å². The van der Waals surface area contributed by atoms with Crippen molar-refractivity contribution in [1.29, 1.82) is 0 Å². The second-order valence-corrected chi connectivity index (χ2v) is 16.6. The van der Waals surface area contributed by atoms with E-state index in [1.165, 1.54) is 42.2 Å². The molecular weight excluding hydrogens is 703 g/mol. The molecule has 3 aromatic heterocycles. The number of hydrogen-bond acceptors (Lipinski definition) is 9. The number of alkyl halides is 3. The third kappa shape index (κ3) is 9.08. The maximum absolute atomic E-state index is 14.3. The first-order valence-corrected chi connectivity index (χ1v) is 17.8. The summed E-state index contributed by atoms with van der Waals surface area (Å²) in [6.45, 7) is 14.0. The van der Waals surface area contributed by atoms with E-state index in [-0.39, 0.29) is 50.6 Å². The van der Waals surface area contributed by atoms with Crippen LogP contribution in [-0.2, 0) is 21.3 Å². The van der Waals surface area contributed by atoms with Crippen molar-refractivity contribution in [2.75, 3.05) is 6.54 Å². The van der Waals surface area contributed by atoms with E-state index in [1.807, 2.05) is 39.3 Å². The molecular formula is C32H43ClF3N7O6S. The highest BCUT2D eigenvalue weighted by atomic mass is 35.5. The Hall–Kier alpha value is -3.86. The molecule has 0 spiro atoms. The number of hydrogen-bond donors (Lipinski definition) is 1. The van der Waals surface area contributed by atoms with Gasteiger partial charge in [0.1, 0.15) is 15.6 Å². The van der Waals surface area contributed by atoms with Gasteiger partial charge in [0.05, 0.1) is 16.7 Å². The van der Waals surface area contributed by atoms with Crippen LogP contribution in [0.1, 0.15) is 83.8 Å². The molecule has 0 aliphatic carbocycles. The van der Waals surface area contributed by atoms with Crippen molar-refractivity contribution >= 4 is 33.6 Å². The van der Waals surface area contributed by atoms with Crippen LogP contribution in [0.3, 0.4) is 0 Å². The van der Waals surface area contributed by atoms with E-state index in [0.29, 0.717) is 19.5 Å². The van der Waals surface area contributed by atoms with Crippen molar-refractivity contribution in [3.63, 3.8) is 0 Å². The molecule has 2 unspecified atom stereocenters. The summed E-state index contributed by atoms with van der Waals surface area (Å²) in [6.07, 6.45) is -0.762. The number of aryl methyl sites for hydroxylation is 2. The lowest BCUT2D eigenvalue weighted by Crippen LogP contribution is -2.45.